The summed E-state index contributed by atoms with van der Waals surface area (Å²) in [6.45, 7) is 0.0784. The number of aromatic nitrogens is 1. The minimum Gasteiger partial charge on any atom is -0.364 e. The fourth-order valence-corrected chi connectivity index (χ4v) is 1.67. The van der Waals surface area contributed by atoms with E-state index in [9.17, 15) is 9.59 Å². The molecule has 0 atom stereocenters. The van der Waals surface area contributed by atoms with Gasteiger partial charge in [-0.2, -0.15) is 4.57 Å². The molecule has 0 saturated heterocycles. The van der Waals surface area contributed by atoms with E-state index < -0.39 is 5.91 Å². The molecule has 5 nitrogen and oxygen atoms in total. The van der Waals surface area contributed by atoms with Gasteiger partial charge in [-0.1, -0.05) is 18.2 Å². The number of primary amides is 1. The second-order valence-electron chi connectivity index (χ2n) is 4.05. The molecular weight excluding hydrogens is 242 g/mol. The molecule has 1 aromatic carbocycles. The fraction of sp³-hybridized carbons (Fsp3) is 0.0714. The summed E-state index contributed by atoms with van der Waals surface area (Å²) in [6.07, 6.45) is 3.37. The Morgan fingerprint density at radius 3 is 2.53 bits per heavy atom. The third kappa shape index (κ3) is 3.64. The number of hydrogen-bond acceptors (Lipinski definition) is 2. The lowest BCUT2D eigenvalue weighted by Gasteiger charge is -2.03. The summed E-state index contributed by atoms with van der Waals surface area (Å²) in [5.41, 5.74) is 6.31. The molecule has 0 fully saturated rings. The first-order valence-corrected chi connectivity index (χ1v) is 5.79. The van der Waals surface area contributed by atoms with E-state index in [0.29, 0.717) is 11.3 Å². The molecule has 96 valence electrons. The van der Waals surface area contributed by atoms with Gasteiger partial charge in [0.1, 0.15) is 5.69 Å². The number of carbonyl (C=O) groups excluding carboxylic acids is 2. The number of carbonyl (C=O) groups is 2. The lowest BCUT2D eigenvalue weighted by atomic mass is 10.2. The van der Waals surface area contributed by atoms with E-state index in [4.69, 9.17) is 5.73 Å². The number of nitrogens with zero attached hydrogens (tertiary/aromatic N) is 1. The van der Waals surface area contributed by atoms with E-state index in [1.54, 1.807) is 53.4 Å². The summed E-state index contributed by atoms with van der Waals surface area (Å²) in [5.74, 6) is -0.631. The van der Waals surface area contributed by atoms with Crippen molar-refractivity contribution in [2.24, 2.45) is 5.73 Å². The highest BCUT2D eigenvalue weighted by molar-refractivity contribution is 6.04. The molecule has 2 rings (SSSR count). The number of rotatable bonds is 4. The lowest BCUT2D eigenvalue weighted by Crippen LogP contribution is -2.40. The van der Waals surface area contributed by atoms with Crippen LogP contribution in [0, 0.1) is 0 Å². The highest BCUT2D eigenvalue weighted by Gasteiger charge is 2.09. The second-order valence-corrected chi connectivity index (χ2v) is 4.05. The van der Waals surface area contributed by atoms with E-state index in [1.165, 1.54) is 0 Å². The van der Waals surface area contributed by atoms with Crippen molar-refractivity contribution < 1.29 is 14.2 Å². The average molecular weight is 256 g/mol. The van der Waals surface area contributed by atoms with Crippen molar-refractivity contribution in [1.29, 1.82) is 0 Å². The van der Waals surface area contributed by atoms with Crippen molar-refractivity contribution in [3.05, 3.63) is 60.4 Å². The molecule has 0 bridgehead atoms. The Morgan fingerprint density at radius 1 is 1.11 bits per heavy atom. The van der Waals surface area contributed by atoms with Gasteiger partial charge in [0.05, 0.1) is 0 Å². The van der Waals surface area contributed by atoms with Gasteiger partial charge < -0.3 is 11.1 Å². The van der Waals surface area contributed by atoms with Crippen molar-refractivity contribution in [2.75, 3.05) is 5.32 Å². The Hall–Kier alpha value is -2.69. The predicted molar refractivity (Wildman–Crippen MR) is 70.2 cm³/mol. The van der Waals surface area contributed by atoms with E-state index in [1.807, 2.05) is 6.07 Å². The van der Waals surface area contributed by atoms with E-state index in [2.05, 4.69) is 5.32 Å². The summed E-state index contributed by atoms with van der Waals surface area (Å²) in [4.78, 5) is 22.8. The SMILES string of the molecule is NC(=O)C[n+]1cccc(NC(=O)c2ccccc2)c1. The van der Waals surface area contributed by atoms with Crippen LogP contribution in [0.1, 0.15) is 10.4 Å². The summed E-state index contributed by atoms with van der Waals surface area (Å²) in [5, 5.41) is 2.76. The molecule has 0 spiro atoms. The number of nitrogens with one attached hydrogen (secondary N) is 1. The van der Waals surface area contributed by atoms with Crippen molar-refractivity contribution >= 4 is 17.5 Å². The standard InChI is InChI=1S/C14H13N3O2/c15-13(18)10-17-8-4-7-12(9-17)16-14(19)11-5-2-1-3-6-11/h1-9H,10H2,(H2-,15,16,18,19)/p+1. The van der Waals surface area contributed by atoms with Gasteiger partial charge in [0, 0.05) is 11.6 Å². The number of amides is 2. The molecule has 19 heavy (non-hydrogen) atoms. The van der Waals surface area contributed by atoms with Crippen molar-refractivity contribution in [3.8, 4) is 0 Å². The van der Waals surface area contributed by atoms with Gasteiger partial charge in [-0.3, -0.25) is 9.59 Å². The van der Waals surface area contributed by atoms with Crippen LogP contribution in [-0.4, -0.2) is 11.8 Å². The smallest absolute Gasteiger partial charge is 0.283 e. The molecule has 0 saturated carbocycles. The van der Waals surface area contributed by atoms with Crippen LogP contribution in [0.2, 0.25) is 0 Å². The average Bonchev–Trinajstić information content (AvgIpc) is 2.39. The molecule has 1 aromatic heterocycles. The van der Waals surface area contributed by atoms with Gasteiger partial charge in [0.2, 0.25) is 6.54 Å². The van der Waals surface area contributed by atoms with Crippen molar-refractivity contribution in [3.63, 3.8) is 0 Å². The van der Waals surface area contributed by atoms with Gasteiger partial charge in [-0.15, -0.1) is 0 Å². The van der Waals surface area contributed by atoms with Crippen LogP contribution >= 0.6 is 0 Å². The Balaban J connectivity index is 2.11. The molecule has 3 N–H and O–H groups in total. The quantitative estimate of drug-likeness (QED) is 0.790. The molecule has 0 aliphatic carbocycles. The van der Waals surface area contributed by atoms with Gasteiger partial charge in [-0.05, 0) is 18.2 Å². The third-order valence-electron chi connectivity index (χ3n) is 2.49. The van der Waals surface area contributed by atoms with Gasteiger partial charge in [-0.25, -0.2) is 0 Å². The molecule has 2 amide bonds. The summed E-state index contributed by atoms with van der Waals surface area (Å²) < 4.78 is 1.61. The fourth-order valence-electron chi connectivity index (χ4n) is 1.67. The number of anilines is 1. The van der Waals surface area contributed by atoms with Crippen LogP contribution in [0.5, 0.6) is 0 Å². The first-order chi connectivity index (χ1) is 9.15. The molecule has 2 aromatic rings. The maximum Gasteiger partial charge on any atom is 0.283 e. The molecule has 5 heteroatoms. The predicted octanol–water partition coefficient (Wildman–Crippen LogP) is 0.712. The molecular formula is C14H14N3O2+. The van der Waals surface area contributed by atoms with Crippen molar-refractivity contribution in [1.82, 2.24) is 0 Å². The van der Waals surface area contributed by atoms with Gasteiger partial charge in [0.25, 0.3) is 11.8 Å². The number of pyridine rings is 1. The molecule has 0 radical (unpaired) electrons. The highest BCUT2D eigenvalue weighted by atomic mass is 16.2. The topological polar surface area (TPSA) is 76.1 Å². The Bertz CT molecular complexity index is 597. The normalized spacial score (nSPS) is 9.89. The first-order valence-electron chi connectivity index (χ1n) is 5.79. The molecule has 1 heterocycles. The number of hydrogen-bond donors (Lipinski definition) is 2. The Kier molecular flexibility index (Phi) is 3.87. The largest absolute Gasteiger partial charge is 0.364 e. The van der Waals surface area contributed by atoms with Crippen LogP contribution in [-0.2, 0) is 11.3 Å². The zero-order valence-corrected chi connectivity index (χ0v) is 10.2. The maximum absolute atomic E-state index is 11.9. The minimum absolute atomic E-state index is 0.0784. The van der Waals surface area contributed by atoms with E-state index in [-0.39, 0.29) is 12.5 Å². The van der Waals surface area contributed by atoms with Crippen molar-refractivity contribution in [2.45, 2.75) is 6.54 Å². The van der Waals surface area contributed by atoms with Crippen LogP contribution in [0.25, 0.3) is 0 Å². The second kappa shape index (κ2) is 5.77. The van der Waals surface area contributed by atoms with Crippen LogP contribution in [0.15, 0.2) is 54.9 Å². The highest BCUT2D eigenvalue weighted by Crippen LogP contribution is 2.06. The first kappa shape index (κ1) is 12.8. The lowest BCUT2D eigenvalue weighted by molar-refractivity contribution is -0.683. The van der Waals surface area contributed by atoms with Crippen LogP contribution < -0.4 is 15.6 Å². The molecule has 0 aliphatic heterocycles. The summed E-state index contributed by atoms with van der Waals surface area (Å²) in [6, 6.07) is 12.4. The number of nitrogens with two attached hydrogens (primary N) is 1. The zero-order valence-electron chi connectivity index (χ0n) is 10.2. The van der Waals surface area contributed by atoms with Crippen LogP contribution in [0.3, 0.4) is 0 Å². The van der Waals surface area contributed by atoms with Gasteiger partial charge >= 0.3 is 0 Å². The zero-order chi connectivity index (χ0) is 13.7. The Labute approximate surface area is 110 Å². The Morgan fingerprint density at radius 2 is 1.84 bits per heavy atom. The maximum atomic E-state index is 11.9. The van der Waals surface area contributed by atoms with E-state index in [0.717, 1.165) is 0 Å². The van der Waals surface area contributed by atoms with Crippen LogP contribution in [0.4, 0.5) is 5.69 Å². The summed E-state index contributed by atoms with van der Waals surface area (Å²) in [7, 11) is 0. The molecule has 0 unspecified atom stereocenters. The van der Waals surface area contributed by atoms with Gasteiger partial charge in [0.15, 0.2) is 12.4 Å². The molecule has 0 aliphatic rings. The minimum atomic E-state index is -0.434. The summed E-state index contributed by atoms with van der Waals surface area (Å²) >= 11 is 0. The number of benzene rings is 1. The monoisotopic (exact) mass is 256 g/mol. The third-order valence-corrected chi connectivity index (χ3v) is 2.49. The van der Waals surface area contributed by atoms with E-state index >= 15 is 0 Å².